The maximum absolute atomic E-state index is 12.2. The van der Waals surface area contributed by atoms with Crippen LogP contribution >= 0.6 is 0 Å². The number of phenolic OH excluding ortho intramolecular Hbond substituents is 2. The van der Waals surface area contributed by atoms with Gasteiger partial charge >= 0.3 is 18.6 Å². The van der Waals surface area contributed by atoms with E-state index < -0.39 is 23.1 Å². The maximum Gasteiger partial charge on any atom is 4.00 e. The van der Waals surface area contributed by atoms with Gasteiger partial charge in [0.2, 0.25) is 0 Å². The van der Waals surface area contributed by atoms with Crippen molar-refractivity contribution in [3.8, 4) is 23.0 Å². The van der Waals surface area contributed by atoms with Crippen molar-refractivity contribution >= 4 is 23.1 Å². The minimum Gasteiger partial charge on any atom is -2.00 e. The predicted octanol–water partition coefficient (Wildman–Crippen LogP) is 10.1. The molecule has 0 aliphatic carbocycles. The van der Waals surface area contributed by atoms with Gasteiger partial charge < -0.3 is 40.1 Å². The second-order valence-electron chi connectivity index (χ2n) is 14.4. The molecule has 0 amide bonds. The van der Waals surface area contributed by atoms with Gasteiger partial charge in [-0.2, -0.15) is 0 Å². The summed E-state index contributed by atoms with van der Waals surface area (Å²) in [6.45, 7) is 7.74. The molecule has 0 unspecified atom stereocenters. The van der Waals surface area contributed by atoms with Crippen LogP contribution in [0.25, 0.3) is 11.5 Å². The summed E-state index contributed by atoms with van der Waals surface area (Å²) in [5, 5.41) is 43.6. The molecule has 61 heavy (non-hydrogen) atoms. The fourth-order valence-corrected chi connectivity index (χ4v) is 6.01. The van der Waals surface area contributed by atoms with E-state index in [4.69, 9.17) is 14.2 Å². The van der Waals surface area contributed by atoms with E-state index in [1.807, 2.05) is 0 Å². The molecule has 10 nitrogen and oxygen atoms in total. The monoisotopic (exact) mass is 873 g/mol. The van der Waals surface area contributed by atoms with Crippen LogP contribution < -0.4 is 19.7 Å². The molecule has 0 saturated carbocycles. The van der Waals surface area contributed by atoms with Crippen LogP contribution in [0.3, 0.4) is 0 Å². The van der Waals surface area contributed by atoms with E-state index in [0.29, 0.717) is 35.8 Å². The number of aromatic hydroxyl groups is 2. The number of unbranched alkanes of at least 4 members (excludes halogenated alkanes) is 10. The van der Waals surface area contributed by atoms with E-state index in [1.165, 1.54) is 101 Å². The average Bonchev–Trinajstić information content (AvgIpc) is 3.85. The average molecular weight is 874 g/mol. The predicted molar refractivity (Wildman–Crippen MR) is 232 cm³/mol. The summed E-state index contributed by atoms with van der Waals surface area (Å²) in [6.07, 6.45) is 19.1. The standard InChI is InChI=1S/2C23H28O4.C4H8O.O.V/c2*1-2-3-4-5-6-9-16-27-19-14-12-18(13-15-19)22(25)17-23(26)20-10-7-8-11-21(20)24;1-2-4-5-3-1;;/h2*7-8,10-15,17,24,26H,2-6,9,16H2,1H3;1-4H2;;/q;;;-2;+4/p-2/b2*23-17-;;;. The van der Waals surface area contributed by atoms with Gasteiger partial charge in [0.1, 0.15) is 23.0 Å². The second-order valence-corrected chi connectivity index (χ2v) is 14.4. The van der Waals surface area contributed by atoms with Gasteiger partial charge in [-0.1, -0.05) is 126 Å². The quantitative estimate of drug-likeness (QED) is 0.0337. The Morgan fingerprint density at radius 1 is 0.557 bits per heavy atom. The zero-order valence-corrected chi connectivity index (χ0v) is 37.1. The Kier molecular flexibility index (Phi) is 29.0. The molecule has 1 aliphatic rings. The van der Waals surface area contributed by atoms with E-state index >= 15 is 0 Å². The fourth-order valence-electron chi connectivity index (χ4n) is 6.01. The van der Waals surface area contributed by atoms with Crippen LogP contribution in [0, 0.1) is 0 Å². The number of hydrogen-bond acceptors (Lipinski definition) is 9. The first kappa shape index (κ1) is 54.0. The van der Waals surface area contributed by atoms with Crippen molar-refractivity contribution in [1.29, 1.82) is 0 Å². The molecular weight excluding hydrogens is 811 g/mol. The number of hydrogen-bond donors (Lipinski definition) is 2. The van der Waals surface area contributed by atoms with Crippen LogP contribution in [0.5, 0.6) is 23.0 Å². The Morgan fingerprint density at radius 3 is 1.23 bits per heavy atom. The normalized spacial score (nSPS) is 12.0. The fraction of sp³-hybridized carbons (Fsp3) is 0.400. The SMILES string of the molecule is C1CCOC1.CCCCCCCCOc1ccc(C(=O)/C=C(\[O-])c2ccccc2O)cc1.CCCCCCCCOc1ccc(C(=O)/C=C(\[O-])c2ccccc2O)cc1.[O-2].[V+4]. The molecule has 4 aromatic carbocycles. The number of phenols is 2. The number of benzene rings is 4. The Labute approximate surface area is 374 Å². The third-order valence-electron chi connectivity index (χ3n) is 9.50. The Bertz CT molecular complexity index is 1710. The van der Waals surface area contributed by atoms with Crippen molar-refractivity contribution in [2.24, 2.45) is 0 Å². The third kappa shape index (κ3) is 21.9. The van der Waals surface area contributed by atoms with E-state index in [0.717, 1.165) is 38.2 Å². The molecule has 0 spiro atoms. The van der Waals surface area contributed by atoms with Gasteiger partial charge in [0, 0.05) is 35.5 Å². The van der Waals surface area contributed by atoms with E-state index in [-0.39, 0.29) is 46.7 Å². The van der Waals surface area contributed by atoms with Gasteiger partial charge in [-0.25, -0.2) is 0 Å². The van der Waals surface area contributed by atoms with Crippen molar-refractivity contribution in [2.75, 3.05) is 26.4 Å². The Hall–Kier alpha value is -5.00. The van der Waals surface area contributed by atoms with Crippen molar-refractivity contribution < 1.29 is 68.3 Å². The van der Waals surface area contributed by atoms with Crippen LogP contribution in [-0.2, 0) is 28.8 Å². The molecule has 0 atom stereocenters. The summed E-state index contributed by atoms with van der Waals surface area (Å²) in [5.41, 5.74) is 1.05. The second kappa shape index (κ2) is 32.7. The number of allylic oxidation sites excluding steroid dienone is 2. The molecule has 0 aromatic heterocycles. The summed E-state index contributed by atoms with van der Waals surface area (Å²) in [6, 6.07) is 25.9. The first-order valence-electron chi connectivity index (χ1n) is 21.2. The molecular formula is C50H62O10V. The van der Waals surface area contributed by atoms with E-state index in [1.54, 1.807) is 72.8 Å². The molecule has 0 bridgehead atoms. The van der Waals surface area contributed by atoms with Crippen LogP contribution in [0.15, 0.2) is 109 Å². The number of carbonyl (C=O) groups is 2. The third-order valence-corrected chi connectivity index (χ3v) is 9.50. The summed E-state index contributed by atoms with van der Waals surface area (Å²) in [5.74, 6) is -0.659. The minimum absolute atomic E-state index is 0. The van der Waals surface area contributed by atoms with Crippen LogP contribution in [-0.4, -0.2) is 48.2 Å². The largest absolute Gasteiger partial charge is 4.00 e. The number of ketones is 2. The van der Waals surface area contributed by atoms with Crippen LogP contribution in [0.4, 0.5) is 0 Å². The van der Waals surface area contributed by atoms with Crippen molar-refractivity contribution in [2.45, 2.75) is 104 Å². The van der Waals surface area contributed by atoms with Gasteiger partial charge in [0.05, 0.1) is 13.2 Å². The minimum atomic E-state index is -0.513. The zero-order valence-electron chi connectivity index (χ0n) is 35.7. The smallest absolute Gasteiger partial charge is 2.00 e. The maximum atomic E-state index is 12.2. The van der Waals surface area contributed by atoms with Gasteiger partial charge in [-0.15, -0.1) is 0 Å². The first-order chi connectivity index (χ1) is 28.7. The molecule has 11 heteroatoms. The molecule has 4 aromatic rings. The van der Waals surface area contributed by atoms with E-state index in [2.05, 4.69) is 13.8 Å². The molecule has 1 heterocycles. The van der Waals surface area contributed by atoms with Crippen molar-refractivity contribution in [3.63, 3.8) is 0 Å². The molecule has 1 fully saturated rings. The van der Waals surface area contributed by atoms with Gasteiger partial charge in [-0.05, 0) is 98.5 Å². The van der Waals surface area contributed by atoms with Gasteiger partial charge in [-0.3, -0.25) is 9.59 Å². The number of ether oxygens (including phenoxy) is 3. The number of carbonyl (C=O) groups excluding carboxylic acids is 2. The summed E-state index contributed by atoms with van der Waals surface area (Å²) >= 11 is 0. The van der Waals surface area contributed by atoms with E-state index in [9.17, 15) is 30.0 Å². The van der Waals surface area contributed by atoms with Crippen LogP contribution in [0.1, 0.15) is 136 Å². The Morgan fingerprint density at radius 2 is 0.902 bits per heavy atom. The van der Waals surface area contributed by atoms with Crippen LogP contribution in [0.2, 0.25) is 0 Å². The molecule has 327 valence electrons. The summed E-state index contributed by atoms with van der Waals surface area (Å²) in [7, 11) is 0. The van der Waals surface area contributed by atoms with Crippen molar-refractivity contribution in [1.82, 2.24) is 0 Å². The van der Waals surface area contributed by atoms with Crippen molar-refractivity contribution in [3.05, 3.63) is 131 Å². The van der Waals surface area contributed by atoms with Gasteiger partial charge in [0.15, 0.2) is 11.6 Å². The number of para-hydroxylation sites is 2. The molecule has 5 rings (SSSR count). The topological polar surface area (TPSA) is 177 Å². The Balaban J connectivity index is 0.000000530. The molecule has 1 saturated heterocycles. The summed E-state index contributed by atoms with van der Waals surface area (Å²) < 4.78 is 16.3. The van der Waals surface area contributed by atoms with Gasteiger partial charge in [0.25, 0.3) is 0 Å². The first-order valence-corrected chi connectivity index (χ1v) is 21.2. The number of rotatable bonds is 22. The molecule has 2 N–H and O–H groups in total. The summed E-state index contributed by atoms with van der Waals surface area (Å²) in [4.78, 5) is 24.5. The zero-order chi connectivity index (χ0) is 42.5. The molecule has 1 aliphatic heterocycles. The molecule has 1 radical (unpaired) electrons.